The summed E-state index contributed by atoms with van der Waals surface area (Å²) in [4.78, 5) is 10.3. The Labute approximate surface area is 169 Å². The molecule has 0 amide bonds. The molecule has 7 nitrogen and oxygen atoms in total. The zero-order chi connectivity index (χ0) is 20.9. The third-order valence-corrected chi connectivity index (χ3v) is 3.69. The van der Waals surface area contributed by atoms with Crippen molar-refractivity contribution in [2.24, 2.45) is 0 Å². The van der Waals surface area contributed by atoms with Crippen LogP contribution in [0.1, 0.15) is 11.1 Å². The van der Waals surface area contributed by atoms with Gasteiger partial charge >= 0.3 is 0 Å². The second-order valence-electron chi connectivity index (χ2n) is 5.66. The normalized spacial score (nSPS) is 10.3. The number of benzene rings is 2. The van der Waals surface area contributed by atoms with Crippen LogP contribution in [0.25, 0.3) is 12.2 Å². The molecular formula is C22H23NO6. The summed E-state index contributed by atoms with van der Waals surface area (Å²) >= 11 is 0. The quantitative estimate of drug-likeness (QED) is 0.158. The molecule has 0 saturated heterocycles. The lowest BCUT2D eigenvalue weighted by Crippen LogP contribution is -2.08. The Morgan fingerprint density at radius 1 is 0.793 bits per heavy atom. The predicted octanol–water partition coefficient (Wildman–Crippen LogP) is 4.84. The number of non-ortho nitro benzene ring substituents is 1. The Kier molecular flexibility index (Phi) is 8.82. The maximum absolute atomic E-state index is 10.7. The molecule has 0 bridgehead atoms. The first-order valence-electron chi connectivity index (χ1n) is 8.91. The van der Waals surface area contributed by atoms with Crippen LogP contribution in [0.3, 0.4) is 0 Å². The third kappa shape index (κ3) is 7.42. The highest BCUT2D eigenvalue weighted by molar-refractivity contribution is 5.71. The van der Waals surface area contributed by atoms with Gasteiger partial charge in [-0.25, -0.2) is 0 Å². The first kappa shape index (κ1) is 21.6. The van der Waals surface area contributed by atoms with Crippen LogP contribution >= 0.6 is 0 Å². The van der Waals surface area contributed by atoms with E-state index in [4.69, 9.17) is 18.9 Å². The van der Waals surface area contributed by atoms with Crippen molar-refractivity contribution in [2.45, 2.75) is 0 Å². The van der Waals surface area contributed by atoms with Crippen LogP contribution in [-0.2, 0) is 9.47 Å². The molecule has 0 fully saturated rings. The lowest BCUT2D eigenvalue weighted by molar-refractivity contribution is -0.384. The zero-order valence-electron chi connectivity index (χ0n) is 16.0. The monoisotopic (exact) mass is 397 g/mol. The number of nitro benzene ring substituents is 1. The van der Waals surface area contributed by atoms with Crippen LogP contribution < -0.4 is 9.47 Å². The summed E-state index contributed by atoms with van der Waals surface area (Å²) in [6.07, 6.45) is 6.47. The topological polar surface area (TPSA) is 80.1 Å². The highest BCUT2D eigenvalue weighted by atomic mass is 16.6. The van der Waals surface area contributed by atoms with Crippen LogP contribution in [-0.4, -0.2) is 31.4 Å². The van der Waals surface area contributed by atoms with Gasteiger partial charge in [0.1, 0.15) is 26.4 Å². The van der Waals surface area contributed by atoms with Gasteiger partial charge in [0, 0.05) is 12.1 Å². The predicted molar refractivity (Wildman–Crippen MR) is 112 cm³/mol. The Bertz CT molecular complexity index is 845. The molecule has 0 atom stereocenters. The number of ether oxygens (including phenoxy) is 4. The first-order valence-corrected chi connectivity index (χ1v) is 8.91. The van der Waals surface area contributed by atoms with E-state index in [1.807, 2.05) is 30.4 Å². The largest absolute Gasteiger partial charge is 0.498 e. The minimum atomic E-state index is -0.425. The number of rotatable bonds is 13. The van der Waals surface area contributed by atoms with E-state index in [2.05, 4.69) is 13.2 Å². The molecule has 0 aliphatic heterocycles. The maximum atomic E-state index is 10.7. The van der Waals surface area contributed by atoms with E-state index >= 15 is 0 Å². The van der Waals surface area contributed by atoms with Gasteiger partial charge in [0.2, 0.25) is 0 Å². The lowest BCUT2D eigenvalue weighted by atomic mass is 10.1. The Hall–Kier alpha value is -3.74. The molecule has 0 unspecified atom stereocenters. The van der Waals surface area contributed by atoms with E-state index in [9.17, 15) is 10.1 Å². The van der Waals surface area contributed by atoms with Gasteiger partial charge < -0.3 is 18.9 Å². The van der Waals surface area contributed by atoms with Crippen molar-refractivity contribution in [1.29, 1.82) is 0 Å². The highest BCUT2D eigenvalue weighted by Gasteiger charge is 2.07. The van der Waals surface area contributed by atoms with E-state index in [0.717, 1.165) is 11.1 Å². The standard InChI is InChI=1S/C22H23NO6/c1-3-26-13-15-28-21-12-9-19(17-22(21)29-16-14-27-4-2)6-5-18-7-10-20(11-8-18)23(24)25/h3-12,17H,1-2,13-16H2. The molecule has 0 heterocycles. The molecule has 29 heavy (non-hydrogen) atoms. The van der Waals surface area contributed by atoms with Crippen molar-refractivity contribution in [3.63, 3.8) is 0 Å². The average Bonchev–Trinajstić information content (AvgIpc) is 2.74. The fraction of sp³-hybridized carbons (Fsp3) is 0.182. The van der Waals surface area contributed by atoms with E-state index in [-0.39, 0.29) is 5.69 Å². The number of nitro groups is 1. The second-order valence-corrected chi connectivity index (χ2v) is 5.66. The summed E-state index contributed by atoms with van der Waals surface area (Å²) in [7, 11) is 0. The van der Waals surface area contributed by atoms with Crippen LogP contribution in [0, 0.1) is 10.1 Å². The van der Waals surface area contributed by atoms with Gasteiger partial charge in [-0.2, -0.15) is 0 Å². The average molecular weight is 397 g/mol. The summed E-state index contributed by atoms with van der Waals surface area (Å²) in [6.45, 7) is 8.41. The smallest absolute Gasteiger partial charge is 0.269 e. The van der Waals surface area contributed by atoms with E-state index in [1.165, 1.54) is 24.7 Å². The van der Waals surface area contributed by atoms with Crippen LogP contribution in [0.2, 0.25) is 0 Å². The van der Waals surface area contributed by atoms with Crippen molar-refractivity contribution in [2.75, 3.05) is 26.4 Å². The van der Waals surface area contributed by atoms with Crippen molar-refractivity contribution < 1.29 is 23.9 Å². The Morgan fingerprint density at radius 3 is 1.93 bits per heavy atom. The van der Waals surface area contributed by atoms with Gasteiger partial charge in [-0.1, -0.05) is 31.4 Å². The molecular weight excluding hydrogens is 374 g/mol. The van der Waals surface area contributed by atoms with Gasteiger partial charge in [-0.15, -0.1) is 0 Å². The van der Waals surface area contributed by atoms with E-state index in [1.54, 1.807) is 12.1 Å². The SMILES string of the molecule is C=COCCOc1ccc(C=Cc2ccc([N+](=O)[O-])cc2)cc1OCCOC=C. The fourth-order valence-corrected chi connectivity index (χ4v) is 2.33. The lowest BCUT2D eigenvalue weighted by Gasteiger charge is -2.13. The summed E-state index contributed by atoms with van der Waals surface area (Å²) in [5.74, 6) is 1.16. The molecule has 0 radical (unpaired) electrons. The second kappa shape index (κ2) is 11.9. The zero-order valence-corrected chi connectivity index (χ0v) is 16.0. The van der Waals surface area contributed by atoms with E-state index in [0.29, 0.717) is 37.9 Å². The third-order valence-electron chi connectivity index (χ3n) is 3.69. The van der Waals surface area contributed by atoms with Gasteiger partial charge in [0.05, 0.1) is 17.4 Å². The van der Waals surface area contributed by atoms with Gasteiger partial charge in [-0.3, -0.25) is 10.1 Å². The summed E-state index contributed by atoms with van der Waals surface area (Å²) in [6, 6.07) is 11.9. The molecule has 0 N–H and O–H groups in total. The van der Waals surface area contributed by atoms with Crippen molar-refractivity contribution in [3.05, 3.63) is 89.4 Å². The molecule has 7 heteroatoms. The van der Waals surface area contributed by atoms with Gasteiger partial charge in [0.25, 0.3) is 5.69 Å². The Balaban J connectivity index is 2.10. The minimum absolute atomic E-state index is 0.0570. The van der Waals surface area contributed by atoms with Gasteiger partial charge in [0.15, 0.2) is 11.5 Å². The Morgan fingerprint density at radius 2 is 1.34 bits per heavy atom. The minimum Gasteiger partial charge on any atom is -0.498 e. The molecule has 0 saturated carbocycles. The van der Waals surface area contributed by atoms with Gasteiger partial charge in [-0.05, 0) is 35.4 Å². The van der Waals surface area contributed by atoms with Crippen LogP contribution in [0.5, 0.6) is 11.5 Å². The number of hydrogen-bond donors (Lipinski definition) is 0. The summed E-state index contributed by atoms with van der Waals surface area (Å²) in [5.41, 5.74) is 1.79. The van der Waals surface area contributed by atoms with Crippen LogP contribution in [0.15, 0.2) is 68.1 Å². The molecule has 2 aromatic carbocycles. The van der Waals surface area contributed by atoms with E-state index < -0.39 is 4.92 Å². The molecule has 2 rings (SSSR count). The molecule has 152 valence electrons. The summed E-state index contributed by atoms with van der Waals surface area (Å²) in [5, 5.41) is 10.7. The maximum Gasteiger partial charge on any atom is 0.269 e. The molecule has 0 aromatic heterocycles. The fourth-order valence-electron chi connectivity index (χ4n) is 2.33. The molecule has 2 aromatic rings. The molecule has 0 aliphatic carbocycles. The highest BCUT2D eigenvalue weighted by Crippen LogP contribution is 2.29. The molecule has 0 aliphatic rings. The summed E-state index contributed by atoms with van der Waals surface area (Å²) < 4.78 is 21.6. The van der Waals surface area contributed by atoms with Crippen LogP contribution in [0.4, 0.5) is 5.69 Å². The number of nitrogens with zero attached hydrogens (tertiary/aromatic N) is 1. The van der Waals surface area contributed by atoms with Crippen molar-refractivity contribution >= 4 is 17.8 Å². The van der Waals surface area contributed by atoms with Crippen molar-refractivity contribution in [1.82, 2.24) is 0 Å². The first-order chi connectivity index (χ1) is 14.1. The molecule has 0 spiro atoms. The van der Waals surface area contributed by atoms with Crippen molar-refractivity contribution in [3.8, 4) is 11.5 Å². The number of hydrogen-bond acceptors (Lipinski definition) is 6.